The lowest BCUT2D eigenvalue weighted by molar-refractivity contribution is -0.00230. The molecule has 10 heteroatoms. The van der Waals surface area contributed by atoms with Gasteiger partial charge in [0.05, 0.1) is 29.1 Å². The number of anilines is 1. The number of halogens is 3. The first-order valence-electron chi connectivity index (χ1n) is 9.54. The summed E-state index contributed by atoms with van der Waals surface area (Å²) in [7, 11) is 0. The lowest BCUT2D eigenvalue weighted by atomic mass is 9.96. The Morgan fingerprint density at radius 3 is 2.78 bits per heavy atom. The van der Waals surface area contributed by atoms with Gasteiger partial charge < -0.3 is 15.9 Å². The van der Waals surface area contributed by atoms with E-state index in [2.05, 4.69) is 13.5 Å². The summed E-state index contributed by atoms with van der Waals surface area (Å²) < 4.78 is 18.5. The molecule has 5 N–H and O–H groups in total. The Bertz CT molecular complexity index is 1300. The summed E-state index contributed by atoms with van der Waals surface area (Å²) in [6.45, 7) is 1.06. The molecule has 1 aromatic carbocycles. The minimum absolute atomic E-state index is 0.352. The van der Waals surface area contributed by atoms with Gasteiger partial charge in [0.15, 0.2) is 0 Å². The lowest BCUT2D eigenvalue weighted by Crippen LogP contribution is -2.25. The number of aliphatic hydroxyl groups excluding tert-OH is 1. The molecule has 0 saturated heterocycles. The summed E-state index contributed by atoms with van der Waals surface area (Å²) in [5, 5.41) is 21.1. The number of hydrogen-bond donors (Lipinski definition) is 4. The van der Waals surface area contributed by atoms with Crippen LogP contribution < -0.4 is 9.26 Å². The first kappa shape index (κ1) is 23.3. The summed E-state index contributed by atoms with van der Waals surface area (Å²) in [6, 6.07) is 11.0. The average Bonchev–Trinajstić information content (AvgIpc) is 3.19. The molecule has 0 saturated carbocycles. The summed E-state index contributed by atoms with van der Waals surface area (Å²) in [5.41, 5.74) is 6.57. The molecule has 32 heavy (non-hydrogen) atoms. The molecule has 2 unspecified atom stereocenters. The van der Waals surface area contributed by atoms with Gasteiger partial charge in [-0.1, -0.05) is 11.6 Å². The van der Waals surface area contributed by atoms with Crippen molar-refractivity contribution in [1.29, 1.82) is 0 Å². The predicted octanol–water partition coefficient (Wildman–Crippen LogP) is 4.96. The molecule has 4 rings (SSSR count). The average molecular weight is 585 g/mol. The Balaban J connectivity index is 1.87. The van der Waals surface area contributed by atoms with Crippen molar-refractivity contribution in [2.45, 2.75) is 18.6 Å². The first-order chi connectivity index (χ1) is 15.2. The number of benzene rings is 1. The van der Waals surface area contributed by atoms with Crippen LogP contribution in [0.2, 0.25) is 5.02 Å². The molecule has 0 aliphatic carbocycles. The Hall–Kier alpha value is -1.89. The number of pyridine rings is 2. The number of rotatable bonds is 6. The maximum Gasteiger partial charge on any atom is 0.124 e. The van der Waals surface area contributed by atoms with Crippen LogP contribution in [0.3, 0.4) is 0 Å². The number of nitrogens with one attached hydrogen (secondary N) is 1. The largest absolute Gasteiger partial charge is 0.393 e. The van der Waals surface area contributed by atoms with Gasteiger partial charge in [-0.05, 0) is 60.3 Å². The third kappa shape index (κ3) is 4.45. The van der Waals surface area contributed by atoms with E-state index >= 15 is 0 Å². The molecule has 0 aliphatic rings. The molecule has 166 valence electrons. The highest BCUT2D eigenvalue weighted by molar-refractivity contribution is 14.1. The van der Waals surface area contributed by atoms with E-state index < -0.39 is 18.0 Å². The molecular weight excluding hydrogens is 566 g/mol. The van der Waals surface area contributed by atoms with Gasteiger partial charge in [-0.15, -0.1) is 11.3 Å². The Labute approximate surface area is 206 Å². The van der Waals surface area contributed by atoms with Crippen LogP contribution in [0.1, 0.15) is 29.1 Å². The second-order valence-electron chi connectivity index (χ2n) is 7.53. The monoisotopic (exact) mass is 584 g/mol. The number of nitrogens with two attached hydrogens (primary N) is 1. The molecule has 0 spiro atoms. The van der Waals surface area contributed by atoms with Crippen LogP contribution in [0.5, 0.6) is 0 Å². The van der Waals surface area contributed by atoms with Crippen molar-refractivity contribution in [3.8, 4) is 11.3 Å². The van der Waals surface area contributed by atoms with Gasteiger partial charge in [0, 0.05) is 44.2 Å². The Morgan fingerprint density at radius 2 is 2.06 bits per heavy atom. The Kier molecular flexibility index (Phi) is 6.66. The second-order valence-corrected chi connectivity index (χ2v) is 9.64. The number of hydrogen-bond acceptors (Lipinski definition) is 7. The van der Waals surface area contributed by atoms with Gasteiger partial charge in [-0.2, -0.15) is 0 Å². The predicted molar refractivity (Wildman–Crippen MR) is 134 cm³/mol. The maximum absolute atomic E-state index is 14.5. The molecule has 0 amide bonds. The van der Waals surface area contributed by atoms with Gasteiger partial charge in [-0.25, -0.2) is 12.9 Å². The molecule has 3 aromatic heterocycles. The smallest absolute Gasteiger partial charge is 0.124 e. The molecule has 0 radical (unpaired) electrons. The summed E-state index contributed by atoms with van der Waals surface area (Å²) in [6.07, 6.45) is 1.53. The fourth-order valence-electron chi connectivity index (χ4n) is 3.39. The van der Waals surface area contributed by atoms with Gasteiger partial charge >= 0.3 is 0 Å². The molecule has 2 atom stereocenters. The first-order valence-corrected chi connectivity index (χ1v) is 11.8. The van der Waals surface area contributed by atoms with E-state index in [1.807, 2.05) is 28.9 Å². The second kappa shape index (κ2) is 9.16. The van der Waals surface area contributed by atoms with Crippen LogP contribution in [-0.2, 0) is 5.60 Å². The normalized spacial score (nSPS) is 14.4. The van der Waals surface area contributed by atoms with Crippen molar-refractivity contribution >= 4 is 61.7 Å². The van der Waals surface area contributed by atoms with Crippen LogP contribution in [0, 0.1) is 5.82 Å². The highest BCUT2D eigenvalue weighted by atomic mass is 127. The highest BCUT2D eigenvalue weighted by Crippen LogP contribution is 2.40. The van der Waals surface area contributed by atoms with E-state index in [1.54, 1.807) is 24.3 Å². The summed E-state index contributed by atoms with van der Waals surface area (Å²) >= 11 is 9.87. The highest BCUT2D eigenvalue weighted by Gasteiger charge is 2.24. The number of thiophene rings is 1. The maximum atomic E-state index is 14.5. The number of nitrogens with zero attached hydrogens (tertiary/aromatic N) is 2. The number of fused-ring (bicyclic) bond motifs is 1. The summed E-state index contributed by atoms with van der Waals surface area (Å²) in [5.74, 6) is -0.0529. The zero-order chi connectivity index (χ0) is 23.0. The van der Waals surface area contributed by atoms with E-state index in [-0.39, 0.29) is 6.04 Å². The van der Waals surface area contributed by atoms with E-state index in [1.165, 1.54) is 36.6 Å². The zero-order valence-corrected chi connectivity index (χ0v) is 20.5. The molecular formula is C22H19ClFIN4O2S. The van der Waals surface area contributed by atoms with Crippen LogP contribution in [0.25, 0.3) is 21.3 Å². The van der Waals surface area contributed by atoms with E-state index in [9.17, 15) is 14.6 Å². The van der Waals surface area contributed by atoms with Gasteiger partial charge in [0.1, 0.15) is 17.2 Å². The van der Waals surface area contributed by atoms with Crippen LogP contribution >= 0.6 is 45.8 Å². The van der Waals surface area contributed by atoms with E-state index in [0.29, 0.717) is 38.7 Å². The minimum atomic E-state index is -1.43. The van der Waals surface area contributed by atoms with Gasteiger partial charge in [0.25, 0.3) is 0 Å². The third-order valence-corrected chi connectivity index (χ3v) is 7.32. The van der Waals surface area contributed by atoms with Crippen molar-refractivity contribution in [3.05, 3.63) is 75.6 Å². The molecule has 0 bridgehead atoms. The fraction of sp³-hybridized carbons (Fsp3) is 0.182. The quantitative estimate of drug-likeness (QED) is 0.189. The molecule has 3 heterocycles. The Morgan fingerprint density at radius 1 is 1.28 bits per heavy atom. The third-order valence-electron chi connectivity index (χ3n) is 5.13. The molecule has 6 nitrogen and oxygen atoms in total. The van der Waals surface area contributed by atoms with E-state index in [0.717, 1.165) is 9.58 Å². The standard InChI is InChI=1S/C22H19ClFIN4O2S/c1-22(31,10-30)12-4-5-27-16(8-12)14-9-13(24)6-11-7-17(32-21(11)14)20(29-25)19-15(23)2-3-18(26)28-19/h2-9,20,29-31H,10H2,1H3,(H2,26,28). The number of nitrogen functional groups attached to an aromatic ring is 1. The van der Waals surface area contributed by atoms with Crippen molar-refractivity contribution in [3.63, 3.8) is 0 Å². The molecule has 4 aromatic rings. The summed E-state index contributed by atoms with van der Waals surface area (Å²) in [4.78, 5) is 9.65. The minimum Gasteiger partial charge on any atom is -0.393 e. The van der Waals surface area contributed by atoms with Crippen LogP contribution in [0.4, 0.5) is 10.2 Å². The zero-order valence-electron chi connectivity index (χ0n) is 16.8. The van der Waals surface area contributed by atoms with Gasteiger partial charge in [-0.3, -0.25) is 4.98 Å². The van der Waals surface area contributed by atoms with Crippen molar-refractivity contribution in [1.82, 2.24) is 13.5 Å². The van der Waals surface area contributed by atoms with Gasteiger partial charge in [0.2, 0.25) is 0 Å². The van der Waals surface area contributed by atoms with Crippen molar-refractivity contribution in [2.75, 3.05) is 12.3 Å². The topological polar surface area (TPSA) is 104 Å². The van der Waals surface area contributed by atoms with E-state index in [4.69, 9.17) is 17.3 Å². The SMILES string of the molecule is CC(O)(CO)c1ccnc(-c2cc(F)cc3cc(C(NI)c4nc(N)ccc4Cl)sc23)c1. The van der Waals surface area contributed by atoms with Crippen molar-refractivity contribution < 1.29 is 14.6 Å². The van der Waals surface area contributed by atoms with Crippen LogP contribution in [0.15, 0.2) is 48.7 Å². The number of aliphatic hydroxyl groups is 2. The van der Waals surface area contributed by atoms with Crippen molar-refractivity contribution in [2.24, 2.45) is 0 Å². The van der Waals surface area contributed by atoms with Crippen LogP contribution in [-0.4, -0.2) is 26.8 Å². The molecule has 0 fully saturated rings. The molecule has 0 aliphatic heterocycles. The number of aromatic nitrogens is 2. The fourth-order valence-corrected chi connectivity index (χ4v) is 5.66. The lowest BCUT2D eigenvalue weighted by Gasteiger charge is -2.21.